The number of carbonyl (C=O) groups excluding carboxylic acids is 1. The summed E-state index contributed by atoms with van der Waals surface area (Å²) in [6.07, 6.45) is 0.730. The molecule has 0 radical (unpaired) electrons. The average molecular weight is 364 g/mol. The van der Waals surface area contributed by atoms with Gasteiger partial charge in [-0.05, 0) is 43.7 Å². The second-order valence-electron chi connectivity index (χ2n) is 7.68. The molecular formula is C22H24N2O3. The van der Waals surface area contributed by atoms with Gasteiger partial charge in [0.1, 0.15) is 5.75 Å². The predicted octanol–water partition coefficient (Wildman–Crippen LogP) is 4.06. The topological polar surface area (TPSA) is 51.1 Å². The molecule has 2 aliphatic rings. The van der Waals surface area contributed by atoms with Crippen LogP contribution >= 0.6 is 0 Å². The van der Waals surface area contributed by atoms with Crippen molar-refractivity contribution in [3.05, 3.63) is 65.7 Å². The fraction of sp³-hybridized carbons (Fsp3) is 0.364. The molecule has 2 aromatic carbocycles. The molecular weight excluding hydrogens is 340 g/mol. The van der Waals surface area contributed by atoms with Crippen LogP contribution in [0.15, 0.2) is 59.7 Å². The van der Waals surface area contributed by atoms with E-state index in [1.807, 2.05) is 18.2 Å². The van der Waals surface area contributed by atoms with Crippen molar-refractivity contribution < 1.29 is 14.3 Å². The quantitative estimate of drug-likeness (QED) is 0.825. The summed E-state index contributed by atoms with van der Waals surface area (Å²) in [7, 11) is 1.61. The van der Waals surface area contributed by atoms with Crippen LogP contribution in [0.3, 0.4) is 0 Å². The molecule has 0 saturated carbocycles. The van der Waals surface area contributed by atoms with Gasteiger partial charge in [-0.3, -0.25) is 4.79 Å². The van der Waals surface area contributed by atoms with E-state index in [-0.39, 0.29) is 23.5 Å². The van der Waals surface area contributed by atoms with Crippen molar-refractivity contribution in [3.63, 3.8) is 0 Å². The number of methoxy groups -OCH3 is 1. The number of carbonyl (C=O) groups is 1. The second-order valence-corrected chi connectivity index (χ2v) is 7.68. The molecule has 0 N–H and O–H groups in total. The van der Waals surface area contributed by atoms with E-state index in [0.29, 0.717) is 12.2 Å². The van der Waals surface area contributed by atoms with Crippen LogP contribution in [0.4, 0.5) is 0 Å². The highest BCUT2D eigenvalue weighted by molar-refractivity contribution is 5.99. The first kappa shape index (κ1) is 17.7. The molecule has 1 saturated heterocycles. The molecule has 0 bridgehead atoms. The van der Waals surface area contributed by atoms with Gasteiger partial charge >= 0.3 is 0 Å². The Labute approximate surface area is 159 Å². The van der Waals surface area contributed by atoms with Crippen molar-refractivity contribution in [1.82, 2.24) is 5.01 Å². The summed E-state index contributed by atoms with van der Waals surface area (Å²) in [5.41, 5.74) is 2.46. The number of hydrogen-bond donors (Lipinski definition) is 0. The SMILES string of the molecule is COc1ccc(C(=O)N2N=C3CC(C)(C)OC[C@@H]3[C@H]2c2ccccc2)cc1. The Morgan fingerprint density at radius 1 is 1.15 bits per heavy atom. The van der Waals surface area contributed by atoms with Crippen molar-refractivity contribution in [2.45, 2.75) is 31.9 Å². The smallest absolute Gasteiger partial charge is 0.274 e. The van der Waals surface area contributed by atoms with Crippen LogP contribution in [-0.2, 0) is 4.74 Å². The van der Waals surface area contributed by atoms with Crippen molar-refractivity contribution in [1.29, 1.82) is 0 Å². The van der Waals surface area contributed by atoms with Crippen molar-refractivity contribution in [2.24, 2.45) is 11.0 Å². The minimum absolute atomic E-state index is 0.0858. The number of amides is 1. The lowest BCUT2D eigenvalue weighted by Crippen LogP contribution is -2.41. The Kier molecular flexibility index (Phi) is 4.48. The van der Waals surface area contributed by atoms with E-state index in [9.17, 15) is 4.79 Å². The number of nitrogens with zero attached hydrogens (tertiary/aromatic N) is 2. The van der Waals surface area contributed by atoms with Gasteiger partial charge in [-0.2, -0.15) is 5.10 Å². The lowest BCUT2D eigenvalue weighted by Gasteiger charge is -2.36. The molecule has 2 heterocycles. The lowest BCUT2D eigenvalue weighted by atomic mass is 9.83. The van der Waals surface area contributed by atoms with E-state index < -0.39 is 0 Å². The first-order chi connectivity index (χ1) is 13.0. The molecule has 5 heteroatoms. The van der Waals surface area contributed by atoms with E-state index in [0.717, 1.165) is 23.4 Å². The van der Waals surface area contributed by atoms with Crippen LogP contribution in [-0.4, -0.2) is 35.9 Å². The van der Waals surface area contributed by atoms with Gasteiger partial charge in [-0.1, -0.05) is 30.3 Å². The highest BCUT2D eigenvalue weighted by atomic mass is 16.5. The fourth-order valence-corrected chi connectivity index (χ4v) is 3.85. The zero-order valence-corrected chi connectivity index (χ0v) is 15.9. The highest BCUT2D eigenvalue weighted by Crippen LogP contribution is 2.42. The normalized spacial score (nSPS) is 23.5. The molecule has 0 spiro atoms. The van der Waals surface area contributed by atoms with Gasteiger partial charge in [-0.15, -0.1) is 0 Å². The molecule has 2 aliphatic heterocycles. The van der Waals surface area contributed by atoms with Gasteiger partial charge < -0.3 is 9.47 Å². The van der Waals surface area contributed by atoms with Gasteiger partial charge in [0.2, 0.25) is 0 Å². The third-order valence-corrected chi connectivity index (χ3v) is 5.26. The minimum atomic E-state index is -0.254. The van der Waals surface area contributed by atoms with Crippen LogP contribution < -0.4 is 4.74 Å². The van der Waals surface area contributed by atoms with E-state index in [2.05, 4.69) is 26.0 Å². The summed E-state index contributed by atoms with van der Waals surface area (Å²) in [4.78, 5) is 13.3. The van der Waals surface area contributed by atoms with Gasteiger partial charge in [0.15, 0.2) is 0 Å². The fourth-order valence-electron chi connectivity index (χ4n) is 3.85. The number of benzene rings is 2. The van der Waals surface area contributed by atoms with Gasteiger partial charge in [0.25, 0.3) is 5.91 Å². The maximum atomic E-state index is 13.3. The van der Waals surface area contributed by atoms with E-state index in [1.54, 1.807) is 36.4 Å². The van der Waals surface area contributed by atoms with Gasteiger partial charge in [-0.25, -0.2) is 5.01 Å². The Morgan fingerprint density at radius 2 is 1.85 bits per heavy atom. The molecule has 0 aliphatic carbocycles. The first-order valence-electron chi connectivity index (χ1n) is 9.22. The number of hydrazone groups is 1. The van der Waals surface area contributed by atoms with Gasteiger partial charge in [0.05, 0.1) is 25.4 Å². The molecule has 140 valence electrons. The zero-order chi connectivity index (χ0) is 19.0. The number of hydrogen-bond acceptors (Lipinski definition) is 4. The molecule has 27 heavy (non-hydrogen) atoms. The molecule has 0 unspecified atom stereocenters. The van der Waals surface area contributed by atoms with Crippen LogP contribution in [0.2, 0.25) is 0 Å². The highest BCUT2D eigenvalue weighted by Gasteiger charge is 2.46. The summed E-state index contributed by atoms with van der Waals surface area (Å²) in [6, 6.07) is 17.1. The average Bonchev–Trinajstić information content (AvgIpc) is 3.05. The number of fused-ring (bicyclic) bond motifs is 1. The number of ether oxygens (including phenoxy) is 2. The lowest BCUT2D eigenvalue weighted by molar-refractivity contribution is -0.0424. The van der Waals surface area contributed by atoms with Crippen molar-refractivity contribution in [2.75, 3.05) is 13.7 Å². The summed E-state index contributed by atoms with van der Waals surface area (Å²) in [6.45, 7) is 4.70. The van der Waals surface area contributed by atoms with Crippen LogP contribution in [0.5, 0.6) is 5.75 Å². The minimum Gasteiger partial charge on any atom is -0.497 e. The molecule has 4 rings (SSSR count). The van der Waals surface area contributed by atoms with E-state index in [4.69, 9.17) is 14.6 Å². The van der Waals surface area contributed by atoms with E-state index in [1.165, 1.54) is 0 Å². The van der Waals surface area contributed by atoms with Crippen molar-refractivity contribution in [3.8, 4) is 5.75 Å². The van der Waals surface area contributed by atoms with Crippen molar-refractivity contribution >= 4 is 11.6 Å². The molecule has 5 nitrogen and oxygen atoms in total. The predicted molar refractivity (Wildman–Crippen MR) is 104 cm³/mol. The van der Waals surface area contributed by atoms with Crippen LogP contribution in [0.25, 0.3) is 0 Å². The molecule has 0 aromatic heterocycles. The Hall–Kier alpha value is -2.66. The Bertz CT molecular complexity index is 859. The monoisotopic (exact) mass is 364 g/mol. The Balaban J connectivity index is 1.71. The molecule has 1 fully saturated rings. The van der Waals surface area contributed by atoms with Crippen LogP contribution in [0, 0.1) is 5.92 Å². The van der Waals surface area contributed by atoms with Gasteiger partial charge in [0, 0.05) is 23.6 Å². The van der Waals surface area contributed by atoms with Crippen LogP contribution in [0.1, 0.15) is 42.2 Å². The summed E-state index contributed by atoms with van der Waals surface area (Å²) in [5, 5.41) is 6.41. The first-order valence-corrected chi connectivity index (χ1v) is 9.22. The number of rotatable bonds is 3. The standard InChI is InChI=1S/C22H24N2O3/c1-22(2)13-19-18(14-27-22)20(15-7-5-4-6-8-15)24(23-19)21(25)16-9-11-17(26-3)12-10-16/h4-12,18,20H,13-14H2,1-3H3/t18-,20+/m0/s1. The molecule has 1 amide bonds. The largest absolute Gasteiger partial charge is 0.497 e. The second kappa shape index (κ2) is 6.82. The zero-order valence-electron chi connectivity index (χ0n) is 15.9. The Morgan fingerprint density at radius 3 is 2.52 bits per heavy atom. The molecule has 2 atom stereocenters. The summed E-state index contributed by atoms with van der Waals surface area (Å²) < 4.78 is 11.3. The third-order valence-electron chi connectivity index (χ3n) is 5.26. The summed E-state index contributed by atoms with van der Waals surface area (Å²) >= 11 is 0. The van der Waals surface area contributed by atoms with E-state index >= 15 is 0 Å². The third kappa shape index (κ3) is 3.35. The molecule has 2 aromatic rings. The maximum Gasteiger partial charge on any atom is 0.274 e. The summed E-state index contributed by atoms with van der Waals surface area (Å²) in [5.74, 6) is 0.705. The maximum absolute atomic E-state index is 13.3.